The summed E-state index contributed by atoms with van der Waals surface area (Å²) in [4.78, 5) is 29.7. The van der Waals surface area contributed by atoms with Crippen LogP contribution in [0.2, 0.25) is 0 Å². The molecule has 3 atom stereocenters. The first-order chi connectivity index (χ1) is 17.4. The van der Waals surface area contributed by atoms with E-state index in [0.29, 0.717) is 29.6 Å². The molecule has 1 aliphatic rings. The molecule has 0 saturated carbocycles. The molecule has 0 radical (unpaired) electrons. The molecule has 3 N–H and O–H groups in total. The molecule has 1 aromatic carbocycles. The number of carboxylic acids is 2. The molecule has 4 rings (SSSR count). The Morgan fingerprint density at radius 3 is 2.81 bits per heavy atom. The number of rotatable bonds is 11. The minimum absolute atomic E-state index is 0.00638. The first-order valence-corrected chi connectivity index (χ1v) is 14.6. The molecule has 192 valence electrons. The summed E-state index contributed by atoms with van der Waals surface area (Å²) >= 11 is 1.52. The van der Waals surface area contributed by atoms with Crippen LogP contribution < -0.4 is 4.74 Å². The van der Waals surface area contributed by atoms with Gasteiger partial charge in [-0.2, -0.15) is 0 Å². The first kappa shape index (κ1) is 26.7. The van der Waals surface area contributed by atoms with Crippen molar-refractivity contribution in [3.63, 3.8) is 0 Å². The van der Waals surface area contributed by atoms with E-state index in [4.69, 9.17) is 9.84 Å². The van der Waals surface area contributed by atoms with Gasteiger partial charge >= 0.3 is 157 Å². The van der Waals surface area contributed by atoms with E-state index in [9.17, 15) is 19.8 Å². The number of pyridine rings is 1. The third-order valence-corrected chi connectivity index (χ3v) is 10.6. The van der Waals surface area contributed by atoms with Gasteiger partial charge in [-0.1, -0.05) is 0 Å². The van der Waals surface area contributed by atoms with Crippen LogP contribution in [-0.4, -0.2) is 84.1 Å². The Bertz CT molecular complexity index is 1220. The molecule has 36 heavy (non-hydrogen) atoms. The fourth-order valence-corrected chi connectivity index (χ4v) is 8.12. The zero-order valence-electron chi connectivity index (χ0n) is 20.0. The van der Waals surface area contributed by atoms with Crippen molar-refractivity contribution in [2.75, 3.05) is 32.5 Å². The molecule has 3 aromatic rings. The van der Waals surface area contributed by atoms with E-state index >= 15 is 0 Å². The van der Waals surface area contributed by atoms with Crippen LogP contribution >= 0.6 is 11.8 Å². The van der Waals surface area contributed by atoms with E-state index in [0.717, 1.165) is 45.5 Å². The molecule has 8 nitrogen and oxygen atoms in total. The number of ether oxygens (including phenoxy) is 1. The molecular weight excluding hydrogens is 547 g/mol. The number of fused-ring (bicyclic) bond motifs is 1. The summed E-state index contributed by atoms with van der Waals surface area (Å²) in [6.45, 7) is 2.09. The minimum Gasteiger partial charge on any atom is -0.0102 e. The molecule has 0 spiro atoms. The number of aromatic nitrogens is 1. The Morgan fingerprint density at radius 2 is 2.08 bits per heavy atom. The number of carboxylic acid groups (broad SMARTS) is 2. The molecule has 0 amide bonds. The van der Waals surface area contributed by atoms with E-state index < -0.39 is 24.0 Å². The van der Waals surface area contributed by atoms with Gasteiger partial charge in [0.15, 0.2) is 0 Å². The summed E-state index contributed by atoms with van der Waals surface area (Å²) in [5.41, 5.74) is 1.56. The Morgan fingerprint density at radius 1 is 1.25 bits per heavy atom. The van der Waals surface area contributed by atoms with Crippen LogP contribution in [-0.2, 0) is 4.79 Å². The van der Waals surface area contributed by atoms with Crippen molar-refractivity contribution in [3.05, 3.63) is 52.6 Å². The number of thioether (sulfide) groups is 1. The number of hydrogen-bond donors (Lipinski definition) is 3. The fourth-order valence-electron chi connectivity index (χ4n) is 4.78. The number of aliphatic hydroxyl groups is 1. The third kappa shape index (κ3) is 6.49. The molecule has 0 bridgehead atoms. The van der Waals surface area contributed by atoms with Crippen molar-refractivity contribution >= 4 is 49.1 Å². The quantitative estimate of drug-likeness (QED) is 0.232. The van der Waals surface area contributed by atoms with Gasteiger partial charge in [0, 0.05) is 11.6 Å². The van der Waals surface area contributed by atoms with Crippen molar-refractivity contribution < 1.29 is 29.6 Å². The molecule has 1 fully saturated rings. The van der Waals surface area contributed by atoms with Crippen molar-refractivity contribution in [2.45, 2.75) is 29.1 Å². The molecule has 3 heterocycles. The monoisotopic (exact) mass is 578 g/mol. The van der Waals surface area contributed by atoms with Gasteiger partial charge in [0.2, 0.25) is 0 Å². The summed E-state index contributed by atoms with van der Waals surface area (Å²) in [7, 11) is 1.60. The van der Waals surface area contributed by atoms with Crippen molar-refractivity contribution in [1.29, 1.82) is 0 Å². The Balaban J connectivity index is 1.32. The van der Waals surface area contributed by atoms with Gasteiger partial charge in [-0.3, -0.25) is 4.98 Å². The number of piperidine rings is 1. The van der Waals surface area contributed by atoms with Crippen LogP contribution in [0.25, 0.3) is 10.9 Å². The number of likely N-dealkylation sites (tertiary alicyclic amines) is 1. The van der Waals surface area contributed by atoms with Crippen molar-refractivity contribution in [3.8, 4) is 5.75 Å². The van der Waals surface area contributed by atoms with E-state index in [1.807, 2.05) is 30.3 Å². The zero-order valence-corrected chi connectivity index (χ0v) is 22.5. The number of nitrogens with zero attached hydrogens (tertiary/aromatic N) is 2. The number of methoxy groups -OCH3 is 1. The zero-order chi connectivity index (χ0) is 25.7. The second-order valence-electron chi connectivity index (χ2n) is 8.94. The van der Waals surface area contributed by atoms with Gasteiger partial charge in [0.1, 0.15) is 5.75 Å². The van der Waals surface area contributed by atoms with Crippen LogP contribution in [0.15, 0.2) is 46.4 Å². The molecular formula is C26H30N2O6SSe. The maximum Gasteiger partial charge on any atom is 0.00964 e. The van der Waals surface area contributed by atoms with Crippen LogP contribution in [0.4, 0.5) is 0 Å². The molecule has 0 aliphatic carbocycles. The number of aliphatic hydroxyl groups excluding tert-OH is 1. The molecule has 1 aliphatic heterocycles. The number of carbonyl (C=O) groups is 2. The van der Waals surface area contributed by atoms with Crippen molar-refractivity contribution in [1.82, 2.24) is 9.88 Å². The number of benzene rings is 1. The number of aromatic carboxylic acids is 1. The SMILES string of the molecule is COc1ccc2nccc(C(O)CC[C@@H]3CCN(CCSc4ccc(C(=O)O)[se]4)C[C@@H]3C(=O)O)c2c1. The minimum atomic E-state index is -0.852. The van der Waals surface area contributed by atoms with E-state index in [1.54, 1.807) is 31.1 Å². The Labute approximate surface area is 220 Å². The second kappa shape index (κ2) is 12.3. The predicted octanol–water partition coefficient (Wildman–Crippen LogP) is 3.63. The van der Waals surface area contributed by atoms with Crippen LogP contribution in [0.5, 0.6) is 5.75 Å². The second-order valence-corrected chi connectivity index (χ2v) is 12.9. The van der Waals surface area contributed by atoms with Gasteiger partial charge in [-0.05, 0) is 24.3 Å². The van der Waals surface area contributed by atoms with Gasteiger partial charge < -0.3 is 4.74 Å². The summed E-state index contributed by atoms with van der Waals surface area (Å²) in [6.07, 6.45) is 2.86. The normalized spacial score (nSPS) is 19.3. The smallest absolute Gasteiger partial charge is 0.00964 e. The largest absolute Gasteiger partial charge is 0.0102 e. The summed E-state index contributed by atoms with van der Waals surface area (Å²) in [5, 5.41) is 30.8. The van der Waals surface area contributed by atoms with Crippen LogP contribution in [0.3, 0.4) is 0 Å². The van der Waals surface area contributed by atoms with Crippen LogP contribution in [0.1, 0.15) is 40.2 Å². The van der Waals surface area contributed by atoms with Gasteiger partial charge in [-0.25, -0.2) is 0 Å². The Hall–Kier alpha value is -2.36. The first-order valence-electron chi connectivity index (χ1n) is 11.9. The summed E-state index contributed by atoms with van der Waals surface area (Å²) < 4.78 is 6.89. The molecule has 10 heteroatoms. The number of aliphatic carboxylic acids is 1. The fraction of sp³-hybridized carbons (Fsp3) is 0.423. The molecule has 1 saturated heterocycles. The van der Waals surface area contributed by atoms with Gasteiger partial charge in [-0.15, -0.1) is 0 Å². The summed E-state index contributed by atoms with van der Waals surface area (Å²) in [5.74, 6) is -0.599. The maximum atomic E-state index is 12.1. The average Bonchev–Trinajstić information content (AvgIpc) is 3.36. The standard InChI is InChI=1S/C26H30N2O6SSe/c1-34-17-3-4-21-19(14-17)18(8-10-27-21)22(29)5-2-16-9-11-28(15-20(16)25(30)31)12-13-35-24-7-6-23(36-24)26(32)33/h3-4,6-8,10,14,16,20,22,29H,2,5,9,11-13,15H2,1H3,(H,30,31)(H,32,33)/t16-,20+,22?/m1/s1. The topological polar surface area (TPSA) is 120 Å². The maximum absolute atomic E-state index is 12.1. The molecule has 2 aromatic heterocycles. The van der Waals surface area contributed by atoms with Crippen molar-refractivity contribution in [2.24, 2.45) is 11.8 Å². The summed E-state index contributed by atoms with van der Waals surface area (Å²) in [6, 6.07) is 11.0. The average molecular weight is 578 g/mol. The van der Waals surface area contributed by atoms with Crippen LogP contribution in [0, 0.1) is 11.8 Å². The number of hydrogen-bond acceptors (Lipinski definition) is 7. The predicted molar refractivity (Wildman–Crippen MR) is 139 cm³/mol. The third-order valence-electron chi connectivity index (χ3n) is 6.75. The molecule has 1 unspecified atom stereocenters. The van der Waals surface area contributed by atoms with Gasteiger partial charge in [0.25, 0.3) is 0 Å². The Kier molecular flexibility index (Phi) is 9.09. The van der Waals surface area contributed by atoms with E-state index in [-0.39, 0.29) is 20.4 Å². The van der Waals surface area contributed by atoms with Gasteiger partial charge in [0.05, 0.1) is 12.6 Å². The van der Waals surface area contributed by atoms with E-state index in [2.05, 4.69) is 9.88 Å². The van der Waals surface area contributed by atoms with E-state index in [1.165, 1.54) is 0 Å².